The monoisotopic (exact) mass is 348 g/mol. The summed E-state index contributed by atoms with van der Waals surface area (Å²) in [5, 5.41) is 9.97. The number of aromatic nitrogens is 2. The summed E-state index contributed by atoms with van der Waals surface area (Å²) in [5.41, 5.74) is 3.28. The number of carbonyl (C=O) groups is 1. The van der Waals surface area contributed by atoms with Crippen molar-refractivity contribution in [2.75, 3.05) is 11.9 Å². The minimum Gasteiger partial charge on any atom is -0.375 e. The third-order valence-electron chi connectivity index (χ3n) is 3.75. The van der Waals surface area contributed by atoms with Gasteiger partial charge in [-0.1, -0.05) is 47.1 Å². The Balaban J connectivity index is 1.70. The number of nitrogens with zero attached hydrogens (tertiary/aromatic N) is 2. The topological polar surface area (TPSA) is 80.0 Å². The van der Waals surface area contributed by atoms with Crippen LogP contribution in [0.4, 0.5) is 5.69 Å². The lowest BCUT2D eigenvalue weighted by molar-refractivity contribution is 0.0958. The molecule has 0 saturated heterocycles. The van der Waals surface area contributed by atoms with Gasteiger partial charge in [0.25, 0.3) is 5.91 Å². The first kappa shape index (κ1) is 17.4. The van der Waals surface area contributed by atoms with E-state index in [-0.39, 0.29) is 5.91 Å². The number of benzene rings is 2. The fraction of sp³-hybridized carbons (Fsp3) is 0.150. The van der Waals surface area contributed by atoms with E-state index in [2.05, 4.69) is 27.4 Å². The van der Waals surface area contributed by atoms with Gasteiger partial charge in [-0.3, -0.25) is 4.79 Å². The van der Waals surface area contributed by atoms with Gasteiger partial charge in [0.05, 0.1) is 12.1 Å². The van der Waals surface area contributed by atoms with Crippen molar-refractivity contribution < 1.29 is 9.32 Å². The molecular weight excluding hydrogens is 328 g/mol. The van der Waals surface area contributed by atoms with E-state index in [9.17, 15) is 4.79 Å². The average Bonchev–Trinajstić information content (AvgIpc) is 3.14. The highest BCUT2D eigenvalue weighted by molar-refractivity contribution is 5.99. The van der Waals surface area contributed by atoms with Crippen LogP contribution in [-0.4, -0.2) is 22.6 Å². The van der Waals surface area contributed by atoms with Gasteiger partial charge >= 0.3 is 0 Å². The molecule has 2 aromatic carbocycles. The molecular formula is C20H20N4O2. The van der Waals surface area contributed by atoms with E-state index in [0.29, 0.717) is 36.1 Å². The highest BCUT2D eigenvalue weighted by Crippen LogP contribution is 2.19. The molecule has 132 valence electrons. The molecule has 0 bridgehead atoms. The second kappa shape index (κ2) is 8.11. The molecule has 1 aromatic heterocycles. The van der Waals surface area contributed by atoms with Crippen molar-refractivity contribution in [1.82, 2.24) is 15.5 Å². The zero-order chi connectivity index (χ0) is 18.4. The number of carbonyl (C=O) groups excluding carboxylic acids is 1. The lowest BCUT2D eigenvalue weighted by Gasteiger charge is -2.10. The fourth-order valence-electron chi connectivity index (χ4n) is 2.49. The zero-order valence-corrected chi connectivity index (χ0v) is 14.5. The smallest absolute Gasteiger partial charge is 0.253 e. The number of aryl methyl sites for hydroxylation is 1. The molecule has 0 saturated carbocycles. The number of hydrogen-bond acceptors (Lipinski definition) is 5. The van der Waals surface area contributed by atoms with Gasteiger partial charge in [0.15, 0.2) is 0 Å². The number of nitrogens with one attached hydrogen (secondary N) is 2. The Hall–Kier alpha value is -3.41. The van der Waals surface area contributed by atoms with E-state index in [4.69, 9.17) is 4.52 Å². The maximum Gasteiger partial charge on any atom is 0.253 e. The van der Waals surface area contributed by atoms with E-state index in [0.717, 1.165) is 11.1 Å². The lowest BCUT2D eigenvalue weighted by atomic mass is 10.1. The first-order chi connectivity index (χ1) is 12.7. The molecule has 0 aliphatic heterocycles. The van der Waals surface area contributed by atoms with E-state index in [1.807, 2.05) is 49.4 Å². The summed E-state index contributed by atoms with van der Waals surface area (Å²) in [5.74, 6) is 0.823. The molecule has 1 heterocycles. The number of hydrogen-bond donors (Lipinski definition) is 2. The Morgan fingerprint density at radius 2 is 2.08 bits per heavy atom. The maximum atomic E-state index is 12.2. The Labute approximate surface area is 151 Å². The standard InChI is InChI=1S/C20H20N4O2/c1-3-11-21-20(25)16-9-4-5-10-17(16)22-13-18-23-19(24-26-18)15-8-6-7-14(2)12-15/h3-10,12,22H,1,11,13H2,2H3,(H,21,25). The second-order valence-electron chi connectivity index (χ2n) is 5.78. The predicted octanol–water partition coefficient (Wildman–Crippen LogP) is 3.57. The van der Waals surface area contributed by atoms with Crippen LogP contribution in [0.1, 0.15) is 21.8 Å². The van der Waals surface area contributed by atoms with E-state index in [1.54, 1.807) is 12.1 Å². The fourth-order valence-corrected chi connectivity index (χ4v) is 2.49. The molecule has 26 heavy (non-hydrogen) atoms. The van der Waals surface area contributed by atoms with Gasteiger partial charge in [0.2, 0.25) is 11.7 Å². The van der Waals surface area contributed by atoms with Crippen LogP contribution in [-0.2, 0) is 6.54 Å². The van der Waals surface area contributed by atoms with E-state index >= 15 is 0 Å². The molecule has 0 atom stereocenters. The number of rotatable bonds is 7. The van der Waals surface area contributed by atoms with Gasteiger partial charge in [0.1, 0.15) is 0 Å². The molecule has 0 unspecified atom stereocenters. The average molecular weight is 348 g/mol. The van der Waals surface area contributed by atoms with Crippen molar-refractivity contribution in [1.29, 1.82) is 0 Å². The summed E-state index contributed by atoms with van der Waals surface area (Å²) in [6, 6.07) is 15.2. The van der Waals surface area contributed by atoms with Gasteiger partial charge in [-0.15, -0.1) is 6.58 Å². The third kappa shape index (κ3) is 4.16. The van der Waals surface area contributed by atoms with Crippen LogP contribution < -0.4 is 10.6 Å². The largest absolute Gasteiger partial charge is 0.375 e. The summed E-state index contributed by atoms with van der Waals surface area (Å²) >= 11 is 0. The second-order valence-corrected chi connectivity index (χ2v) is 5.78. The Morgan fingerprint density at radius 3 is 2.88 bits per heavy atom. The van der Waals surface area contributed by atoms with Crippen molar-refractivity contribution in [2.45, 2.75) is 13.5 Å². The summed E-state index contributed by atoms with van der Waals surface area (Å²) in [6.07, 6.45) is 1.64. The van der Waals surface area contributed by atoms with Crippen molar-refractivity contribution in [3.63, 3.8) is 0 Å². The van der Waals surface area contributed by atoms with Crippen LogP contribution in [0.2, 0.25) is 0 Å². The van der Waals surface area contributed by atoms with Crippen LogP contribution in [0.15, 0.2) is 65.7 Å². The highest BCUT2D eigenvalue weighted by Gasteiger charge is 2.12. The first-order valence-corrected chi connectivity index (χ1v) is 8.29. The van der Waals surface area contributed by atoms with Crippen LogP contribution in [0.25, 0.3) is 11.4 Å². The Bertz CT molecular complexity index is 917. The lowest BCUT2D eigenvalue weighted by Crippen LogP contribution is -2.24. The molecule has 0 aliphatic carbocycles. The number of amides is 1. The minimum absolute atomic E-state index is 0.168. The zero-order valence-electron chi connectivity index (χ0n) is 14.5. The van der Waals surface area contributed by atoms with Gasteiger partial charge in [-0.2, -0.15) is 4.98 Å². The molecule has 3 rings (SSSR count). The van der Waals surface area contributed by atoms with Crippen molar-refractivity contribution >= 4 is 11.6 Å². The van der Waals surface area contributed by atoms with Crippen LogP contribution >= 0.6 is 0 Å². The molecule has 0 aliphatic rings. The van der Waals surface area contributed by atoms with E-state index in [1.165, 1.54) is 0 Å². The summed E-state index contributed by atoms with van der Waals surface area (Å²) in [6.45, 7) is 6.35. The van der Waals surface area contributed by atoms with Gasteiger partial charge in [-0.05, 0) is 25.1 Å². The molecule has 0 fully saturated rings. The quantitative estimate of drug-likeness (QED) is 0.638. The van der Waals surface area contributed by atoms with Crippen molar-refractivity contribution in [3.8, 4) is 11.4 Å². The van der Waals surface area contributed by atoms with Crippen LogP contribution in [0, 0.1) is 6.92 Å². The third-order valence-corrected chi connectivity index (χ3v) is 3.75. The first-order valence-electron chi connectivity index (χ1n) is 8.29. The van der Waals surface area contributed by atoms with Crippen LogP contribution in [0.3, 0.4) is 0 Å². The Kier molecular flexibility index (Phi) is 5.43. The van der Waals surface area contributed by atoms with Crippen LogP contribution in [0.5, 0.6) is 0 Å². The van der Waals surface area contributed by atoms with Gasteiger partial charge in [0, 0.05) is 17.8 Å². The maximum absolute atomic E-state index is 12.2. The molecule has 3 aromatic rings. The SMILES string of the molecule is C=CCNC(=O)c1ccccc1NCc1nc(-c2cccc(C)c2)no1. The normalized spacial score (nSPS) is 10.3. The summed E-state index contributed by atoms with van der Waals surface area (Å²) < 4.78 is 5.31. The van der Waals surface area contributed by atoms with Crippen molar-refractivity contribution in [3.05, 3.63) is 78.2 Å². The number of anilines is 1. The van der Waals surface area contributed by atoms with Gasteiger partial charge in [-0.25, -0.2) is 0 Å². The number of para-hydroxylation sites is 1. The van der Waals surface area contributed by atoms with E-state index < -0.39 is 0 Å². The Morgan fingerprint density at radius 1 is 1.23 bits per heavy atom. The molecule has 2 N–H and O–H groups in total. The summed E-state index contributed by atoms with van der Waals surface area (Å²) in [7, 11) is 0. The molecule has 0 radical (unpaired) electrons. The molecule has 6 nitrogen and oxygen atoms in total. The highest BCUT2D eigenvalue weighted by atomic mass is 16.5. The minimum atomic E-state index is -0.168. The molecule has 6 heteroatoms. The molecule has 1 amide bonds. The summed E-state index contributed by atoms with van der Waals surface area (Å²) in [4.78, 5) is 16.6. The van der Waals surface area contributed by atoms with Gasteiger partial charge < -0.3 is 15.2 Å². The van der Waals surface area contributed by atoms with Crippen molar-refractivity contribution in [2.24, 2.45) is 0 Å². The predicted molar refractivity (Wildman–Crippen MR) is 101 cm³/mol. The molecule has 0 spiro atoms.